The normalized spacial score (nSPS) is 10.8. The largest absolute Gasteiger partial charge is 0.385 e. The number of amides is 1. The number of nitrogens with zero attached hydrogens (tertiary/aromatic N) is 3. The van der Waals surface area contributed by atoms with E-state index in [-0.39, 0.29) is 5.91 Å². The molecule has 1 aromatic carbocycles. The van der Waals surface area contributed by atoms with Crippen molar-refractivity contribution in [1.82, 2.24) is 14.7 Å². The van der Waals surface area contributed by atoms with E-state index in [0.717, 1.165) is 22.6 Å². The lowest BCUT2D eigenvalue weighted by Crippen LogP contribution is -2.28. The second-order valence-corrected chi connectivity index (χ2v) is 7.07. The minimum Gasteiger partial charge on any atom is -0.385 e. The van der Waals surface area contributed by atoms with Gasteiger partial charge in [0.1, 0.15) is 5.69 Å². The van der Waals surface area contributed by atoms with Crippen LogP contribution in [0.25, 0.3) is 10.6 Å². The van der Waals surface area contributed by atoms with Gasteiger partial charge in [-0.1, -0.05) is 36.4 Å². The van der Waals surface area contributed by atoms with Crippen molar-refractivity contribution in [2.24, 2.45) is 0 Å². The maximum absolute atomic E-state index is 13.0. The highest BCUT2D eigenvalue weighted by Crippen LogP contribution is 2.27. The highest BCUT2D eigenvalue weighted by molar-refractivity contribution is 7.13. The van der Waals surface area contributed by atoms with Crippen LogP contribution >= 0.6 is 11.3 Å². The van der Waals surface area contributed by atoms with Crippen molar-refractivity contribution in [1.29, 1.82) is 0 Å². The Kier molecular flexibility index (Phi) is 6.20. The first-order valence-electron chi connectivity index (χ1n) is 8.58. The number of carbonyl (C=O) groups is 1. The van der Waals surface area contributed by atoms with Gasteiger partial charge in [0.05, 0.1) is 17.0 Å². The van der Waals surface area contributed by atoms with Crippen molar-refractivity contribution >= 4 is 17.2 Å². The SMILES string of the molecule is COCCCN(C)C(=O)c1cn(Cc2ccccc2)nc1-c1cccs1. The van der Waals surface area contributed by atoms with Crippen LogP contribution in [0.5, 0.6) is 0 Å². The molecule has 0 spiro atoms. The summed E-state index contributed by atoms with van der Waals surface area (Å²) in [7, 11) is 3.50. The number of aromatic nitrogens is 2. The molecular formula is C20H23N3O2S. The third kappa shape index (κ3) is 4.39. The van der Waals surface area contributed by atoms with E-state index in [1.165, 1.54) is 0 Å². The van der Waals surface area contributed by atoms with Crippen LogP contribution in [0.2, 0.25) is 0 Å². The van der Waals surface area contributed by atoms with Gasteiger partial charge in [-0.15, -0.1) is 11.3 Å². The molecule has 0 aliphatic rings. The van der Waals surface area contributed by atoms with Crippen molar-refractivity contribution in [2.75, 3.05) is 27.3 Å². The summed E-state index contributed by atoms with van der Waals surface area (Å²) in [5.74, 6) is -0.0104. The second-order valence-electron chi connectivity index (χ2n) is 6.12. The molecule has 0 bridgehead atoms. The van der Waals surface area contributed by atoms with Gasteiger partial charge in [0.25, 0.3) is 5.91 Å². The average Bonchev–Trinajstić information content (AvgIpc) is 3.31. The number of benzene rings is 1. The van der Waals surface area contributed by atoms with Gasteiger partial charge in [0.2, 0.25) is 0 Å². The highest BCUT2D eigenvalue weighted by Gasteiger charge is 2.21. The van der Waals surface area contributed by atoms with E-state index in [2.05, 4.69) is 12.1 Å². The fourth-order valence-electron chi connectivity index (χ4n) is 2.78. The van der Waals surface area contributed by atoms with Crippen LogP contribution in [0.3, 0.4) is 0 Å². The lowest BCUT2D eigenvalue weighted by atomic mass is 10.2. The summed E-state index contributed by atoms with van der Waals surface area (Å²) in [6, 6.07) is 14.1. The molecule has 1 amide bonds. The number of methoxy groups -OCH3 is 1. The first kappa shape index (κ1) is 18.4. The molecule has 0 radical (unpaired) electrons. The summed E-state index contributed by atoms with van der Waals surface area (Å²) < 4.78 is 6.93. The molecule has 0 aliphatic carbocycles. The van der Waals surface area contributed by atoms with E-state index >= 15 is 0 Å². The Hall–Kier alpha value is -2.44. The fraction of sp³-hybridized carbons (Fsp3) is 0.300. The predicted octanol–water partition coefficient (Wildman–Crippen LogP) is 3.77. The summed E-state index contributed by atoms with van der Waals surface area (Å²) in [5, 5.41) is 6.70. The lowest BCUT2D eigenvalue weighted by molar-refractivity contribution is 0.0780. The van der Waals surface area contributed by atoms with Crippen molar-refractivity contribution < 1.29 is 9.53 Å². The summed E-state index contributed by atoms with van der Waals surface area (Å²) in [4.78, 5) is 15.7. The molecule has 6 heteroatoms. The molecule has 3 rings (SSSR count). The summed E-state index contributed by atoms with van der Waals surface area (Å²) in [6.45, 7) is 1.93. The molecule has 2 aromatic heterocycles. The topological polar surface area (TPSA) is 47.4 Å². The molecule has 26 heavy (non-hydrogen) atoms. The van der Waals surface area contributed by atoms with Crippen LogP contribution in [0.4, 0.5) is 0 Å². The van der Waals surface area contributed by atoms with Crippen LogP contribution < -0.4 is 0 Å². The van der Waals surface area contributed by atoms with Gasteiger partial charge in [0, 0.05) is 33.5 Å². The van der Waals surface area contributed by atoms with E-state index in [0.29, 0.717) is 25.3 Å². The molecule has 0 N–H and O–H groups in total. The first-order valence-corrected chi connectivity index (χ1v) is 9.46. The molecule has 0 saturated heterocycles. The first-order chi connectivity index (χ1) is 12.7. The van der Waals surface area contributed by atoms with E-state index < -0.39 is 0 Å². The standard InChI is InChI=1S/C20H23N3O2S/c1-22(11-7-12-25-2)20(24)17-15-23(14-16-8-4-3-5-9-16)21-19(17)18-10-6-13-26-18/h3-6,8-10,13,15H,7,11-12,14H2,1-2H3. The monoisotopic (exact) mass is 369 g/mol. The Labute approximate surface area is 157 Å². The van der Waals surface area contributed by atoms with Gasteiger partial charge in [-0.2, -0.15) is 5.10 Å². The lowest BCUT2D eigenvalue weighted by Gasteiger charge is -2.16. The van der Waals surface area contributed by atoms with Gasteiger partial charge in [-0.3, -0.25) is 9.48 Å². The van der Waals surface area contributed by atoms with Crippen molar-refractivity contribution in [2.45, 2.75) is 13.0 Å². The Morgan fingerprint density at radius 2 is 2.04 bits per heavy atom. The van der Waals surface area contributed by atoms with Gasteiger partial charge in [-0.05, 0) is 23.4 Å². The van der Waals surface area contributed by atoms with Crippen molar-refractivity contribution in [3.63, 3.8) is 0 Å². The van der Waals surface area contributed by atoms with Crippen LogP contribution in [0.15, 0.2) is 54.0 Å². The third-order valence-electron chi connectivity index (χ3n) is 4.12. The zero-order valence-corrected chi connectivity index (χ0v) is 15.9. The van der Waals surface area contributed by atoms with Gasteiger partial charge < -0.3 is 9.64 Å². The van der Waals surface area contributed by atoms with Crippen LogP contribution in [-0.2, 0) is 11.3 Å². The Bertz CT molecular complexity index is 828. The molecule has 0 fully saturated rings. The molecule has 2 heterocycles. The minimum absolute atomic E-state index is 0.0104. The van der Waals surface area contributed by atoms with E-state index in [1.54, 1.807) is 23.3 Å². The van der Waals surface area contributed by atoms with Gasteiger partial charge >= 0.3 is 0 Å². The van der Waals surface area contributed by atoms with E-state index in [1.807, 2.05) is 53.6 Å². The number of hydrogen-bond donors (Lipinski definition) is 0. The maximum atomic E-state index is 13.0. The summed E-state index contributed by atoms with van der Waals surface area (Å²) in [6.07, 6.45) is 2.67. The molecule has 0 saturated carbocycles. The predicted molar refractivity (Wildman–Crippen MR) is 105 cm³/mol. The van der Waals surface area contributed by atoms with E-state index in [4.69, 9.17) is 9.84 Å². The van der Waals surface area contributed by atoms with Gasteiger partial charge in [-0.25, -0.2) is 0 Å². The zero-order chi connectivity index (χ0) is 18.4. The summed E-state index contributed by atoms with van der Waals surface area (Å²) >= 11 is 1.59. The molecule has 0 aliphatic heterocycles. The van der Waals surface area contributed by atoms with E-state index in [9.17, 15) is 4.79 Å². The van der Waals surface area contributed by atoms with Gasteiger partial charge in [0.15, 0.2) is 0 Å². The maximum Gasteiger partial charge on any atom is 0.257 e. The number of carbonyl (C=O) groups excluding carboxylic acids is 1. The number of ether oxygens (including phenoxy) is 1. The average molecular weight is 369 g/mol. The molecule has 136 valence electrons. The van der Waals surface area contributed by atoms with Crippen molar-refractivity contribution in [3.8, 4) is 10.6 Å². The third-order valence-corrected chi connectivity index (χ3v) is 5.00. The molecule has 0 atom stereocenters. The van der Waals surface area contributed by atoms with Crippen LogP contribution in [-0.4, -0.2) is 47.9 Å². The molecule has 5 nitrogen and oxygen atoms in total. The number of thiophene rings is 1. The zero-order valence-electron chi connectivity index (χ0n) is 15.1. The van der Waals surface area contributed by atoms with Crippen LogP contribution in [0.1, 0.15) is 22.3 Å². The van der Waals surface area contributed by atoms with Crippen LogP contribution in [0, 0.1) is 0 Å². The number of rotatable bonds is 8. The molecule has 3 aromatic rings. The molecule has 0 unspecified atom stereocenters. The second kappa shape index (κ2) is 8.78. The number of hydrogen-bond acceptors (Lipinski definition) is 4. The Morgan fingerprint density at radius 3 is 2.73 bits per heavy atom. The highest BCUT2D eigenvalue weighted by atomic mass is 32.1. The quantitative estimate of drug-likeness (QED) is 0.568. The van der Waals surface area contributed by atoms with Crippen molar-refractivity contribution in [3.05, 3.63) is 65.2 Å². The smallest absolute Gasteiger partial charge is 0.257 e. The minimum atomic E-state index is -0.0104. The fourth-order valence-corrected chi connectivity index (χ4v) is 3.50. The molecular weight excluding hydrogens is 346 g/mol. The summed E-state index contributed by atoms with van der Waals surface area (Å²) in [5.41, 5.74) is 2.54. The Balaban J connectivity index is 1.86. The Morgan fingerprint density at radius 1 is 1.23 bits per heavy atom.